The number of anilines is 1. The number of likely N-dealkylation sites (tertiary alicyclic amines) is 1. The summed E-state index contributed by atoms with van der Waals surface area (Å²) in [7, 11) is 1.63. The van der Waals surface area contributed by atoms with Crippen LogP contribution >= 0.6 is 0 Å². The Morgan fingerprint density at radius 2 is 1.78 bits per heavy atom. The Hall–Kier alpha value is -2.37. The number of amides is 1. The number of nitrogens with one attached hydrogen (secondary N) is 1. The number of carbonyl (C=O) groups excluding carboxylic acids is 1. The molecule has 170 valence electrons. The van der Waals surface area contributed by atoms with Crippen molar-refractivity contribution in [2.45, 2.75) is 62.6 Å². The second-order valence-corrected chi connectivity index (χ2v) is 10.0. The molecule has 3 aliphatic rings. The summed E-state index contributed by atoms with van der Waals surface area (Å²) in [6, 6.07) is 17.4. The number of nitrogens with zero attached hydrogens (tertiary/aromatic N) is 2. The van der Waals surface area contributed by atoms with E-state index in [4.69, 9.17) is 0 Å². The van der Waals surface area contributed by atoms with E-state index in [2.05, 4.69) is 52.4 Å². The zero-order valence-electron chi connectivity index (χ0n) is 19.3. The number of para-hydroxylation sites is 1. The van der Waals surface area contributed by atoms with E-state index in [-0.39, 0.29) is 17.9 Å². The highest BCUT2D eigenvalue weighted by Gasteiger charge is 2.46. The van der Waals surface area contributed by atoms with Crippen molar-refractivity contribution in [3.63, 3.8) is 0 Å². The van der Waals surface area contributed by atoms with Crippen LogP contribution in [0, 0.1) is 0 Å². The van der Waals surface area contributed by atoms with Crippen LogP contribution in [0.25, 0.3) is 0 Å². The molecule has 5 heteroatoms. The monoisotopic (exact) mass is 433 g/mol. The van der Waals surface area contributed by atoms with Crippen molar-refractivity contribution in [2.75, 3.05) is 31.6 Å². The first-order valence-electron chi connectivity index (χ1n) is 12.1. The van der Waals surface area contributed by atoms with Crippen molar-refractivity contribution in [1.29, 1.82) is 0 Å². The molecule has 5 rings (SSSR count). The van der Waals surface area contributed by atoms with Gasteiger partial charge in [0.05, 0.1) is 13.0 Å². The summed E-state index contributed by atoms with van der Waals surface area (Å²) in [6.45, 7) is 5.03. The van der Waals surface area contributed by atoms with Crippen molar-refractivity contribution >= 4 is 11.6 Å². The summed E-state index contributed by atoms with van der Waals surface area (Å²) in [5.74, 6) is -0.122. The van der Waals surface area contributed by atoms with E-state index in [1.165, 1.54) is 30.4 Å². The third-order valence-corrected chi connectivity index (χ3v) is 8.19. The van der Waals surface area contributed by atoms with E-state index < -0.39 is 5.60 Å². The minimum absolute atomic E-state index is 0.102. The van der Waals surface area contributed by atoms with Gasteiger partial charge in [0.2, 0.25) is 5.91 Å². The maximum atomic E-state index is 12.1. The molecule has 0 aromatic heterocycles. The molecule has 32 heavy (non-hydrogen) atoms. The van der Waals surface area contributed by atoms with Gasteiger partial charge in [-0.1, -0.05) is 42.5 Å². The van der Waals surface area contributed by atoms with Gasteiger partial charge >= 0.3 is 0 Å². The molecule has 2 atom stereocenters. The maximum Gasteiger partial charge on any atom is 0.223 e. The fourth-order valence-electron chi connectivity index (χ4n) is 6.42. The molecule has 1 amide bonds. The molecular weight excluding hydrogens is 398 g/mol. The molecule has 2 aliphatic heterocycles. The molecule has 1 aliphatic carbocycles. The lowest BCUT2D eigenvalue weighted by atomic mass is 9.75. The molecule has 0 saturated carbocycles. The van der Waals surface area contributed by atoms with Gasteiger partial charge in [-0.15, -0.1) is 0 Å². The van der Waals surface area contributed by atoms with Crippen molar-refractivity contribution in [3.8, 4) is 0 Å². The summed E-state index contributed by atoms with van der Waals surface area (Å²) in [5.41, 5.74) is 3.99. The first kappa shape index (κ1) is 21.5. The van der Waals surface area contributed by atoms with Crippen LogP contribution in [0.2, 0.25) is 0 Å². The highest BCUT2D eigenvalue weighted by Crippen LogP contribution is 2.45. The average molecular weight is 434 g/mol. The second kappa shape index (κ2) is 8.20. The number of carbonyl (C=O) groups is 1. The molecule has 2 aromatic rings. The van der Waals surface area contributed by atoms with Crippen LogP contribution in [-0.4, -0.2) is 48.6 Å². The van der Waals surface area contributed by atoms with Gasteiger partial charge in [-0.25, -0.2) is 0 Å². The number of piperidine rings is 1. The molecule has 1 saturated heterocycles. The lowest BCUT2D eigenvalue weighted by Crippen LogP contribution is -2.53. The zero-order chi connectivity index (χ0) is 22.3. The predicted molar refractivity (Wildman–Crippen MR) is 128 cm³/mol. The van der Waals surface area contributed by atoms with Crippen molar-refractivity contribution in [1.82, 2.24) is 10.2 Å². The van der Waals surface area contributed by atoms with E-state index in [0.29, 0.717) is 12.6 Å². The summed E-state index contributed by atoms with van der Waals surface area (Å²) in [6.07, 6.45) is 5.90. The first-order chi connectivity index (χ1) is 15.4. The van der Waals surface area contributed by atoms with Crippen LogP contribution < -0.4 is 10.2 Å². The summed E-state index contributed by atoms with van der Waals surface area (Å²) in [5, 5.41) is 14.1. The number of aliphatic hydroxyl groups is 1. The Morgan fingerprint density at radius 3 is 2.53 bits per heavy atom. The van der Waals surface area contributed by atoms with Crippen molar-refractivity contribution in [2.24, 2.45) is 0 Å². The topological polar surface area (TPSA) is 55.8 Å². The maximum absolute atomic E-state index is 12.1. The minimum atomic E-state index is -1.12. The summed E-state index contributed by atoms with van der Waals surface area (Å²) >= 11 is 0. The SMILES string of the molecule is CNC(=O)CC1(O)CN(C2CCN(C3(C)CCCc4ccccc43)CC2)c2ccccc21. The van der Waals surface area contributed by atoms with Crippen LogP contribution in [0.4, 0.5) is 5.69 Å². The molecule has 2 N–H and O–H groups in total. The molecule has 0 radical (unpaired) electrons. The van der Waals surface area contributed by atoms with Gasteiger partial charge in [0.15, 0.2) is 0 Å². The fourth-order valence-corrected chi connectivity index (χ4v) is 6.42. The standard InChI is InChI=1S/C27H35N3O2/c1-26(15-7-9-20-8-3-4-10-22(20)26)29-16-13-21(14-17-29)30-19-27(32,18-25(31)28-2)23-11-5-6-12-24(23)30/h3-6,8,10-12,21,32H,7,9,13-19H2,1-2H3,(H,28,31). The van der Waals surface area contributed by atoms with Crippen LogP contribution in [0.5, 0.6) is 0 Å². The lowest BCUT2D eigenvalue weighted by molar-refractivity contribution is -0.125. The van der Waals surface area contributed by atoms with Gasteiger partial charge in [-0.05, 0) is 56.2 Å². The Labute approximate surface area is 191 Å². The Balaban J connectivity index is 1.34. The van der Waals surface area contributed by atoms with Crippen LogP contribution in [-0.2, 0) is 22.4 Å². The van der Waals surface area contributed by atoms with E-state index in [0.717, 1.165) is 37.2 Å². The molecule has 0 bridgehead atoms. The van der Waals surface area contributed by atoms with Gasteiger partial charge in [0, 0.05) is 43.0 Å². The number of fused-ring (bicyclic) bond motifs is 2. The van der Waals surface area contributed by atoms with Crippen LogP contribution in [0.1, 0.15) is 55.7 Å². The van der Waals surface area contributed by atoms with Crippen molar-refractivity contribution in [3.05, 3.63) is 65.2 Å². The smallest absolute Gasteiger partial charge is 0.223 e. The number of hydrogen-bond acceptors (Lipinski definition) is 4. The Kier molecular flexibility index (Phi) is 5.50. The average Bonchev–Trinajstić information content (AvgIpc) is 3.12. The predicted octanol–water partition coefficient (Wildman–Crippen LogP) is 3.55. The summed E-state index contributed by atoms with van der Waals surface area (Å²) < 4.78 is 0. The number of aryl methyl sites for hydroxylation is 1. The quantitative estimate of drug-likeness (QED) is 0.774. The third-order valence-electron chi connectivity index (χ3n) is 8.19. The number of β-amino-alcohol motifs (C(OH)–C–C–N with tert-alkyl or cyclic N) is 1. The van der Waals surface area contributed by atoms with Gasteiger partial charge < -0.3 is 15.3 Å². The molecular formula is C27H35N3O2. The number of hydrogen-bond donors (Lipinski definition) is 2. The summed E-state index contributed by atoms with van der Waals surface area (Å²) in [4.78, 5) is 17.2. The van der Waals surface area contributed by atoms with Crippen molar-refractivity contribution < 1.29 is 9.90 Å². The van der Waals surface area contributed by atoms with E-state index in [1.807, 2.05) is 18.2 Å². The Morgan fingerprint density at radius 1 is 1.09 bits per heavy atom. The molecule has 2 unspecified atom stereocenters. The van der Waals surface area contributed by atoms with Gasteiger partial charge in [0.1, 0.15) is 5.60 Å². The molecule has 2 aromatic carbocycles. The van der Waals surface area contributed by atoms with Gasteiger partial charge in [-0.2, -0.15) is 0 Å². The lowest BCUT2D eigenvalue weighted by Gasteiger charge is -2.49. The van der Waals surface area contributed by atoms with Gasteiger partial charge in [0.25, 0.3) is 0 Å². The van der Waals surface area contributed by atoms with Gasteiger partial charge in [-0.3, -0.25) is 9.69 Å². The molecule has 5 nitrogen and oxygen atoms in total. The fraction of sp³-hybridized carbons (Fsp3) is 0.519. The first-order valence-corrected chi connectivity index (χ1v) is 12.1. The Bertz CT molecular complexity index is 1000. The van der Waals surface area contributed by atoms with E-state index in [9.17, 15) is 9.90 Å². The largest absolute Gasteiger partial charge is 0.383 e. The molecule has 1 fully saturated rings. The minimum Gasteiger partial charge on any atom is -0.383 e. The molecule has 2 heterocycles. The normalized spacial score (nSPS) is 28.3. The zero-order valence-corrected chi connectivity index (χ0v) is 19.3. The number of benzene rings is 2. The van der Waals surface area contributed by atoms with E-state index in [1.54, 1.807) is 7.05 Å². The number of rotatable bonds is 4. The highest BCUT2D eigenvalue weighted by atomic mass is 16.3. The van der Waals surface area contributed by atoms with Crippen LogP contribution in [0.15, 0.2) is 48.5 Å². The highest BCUT2D eigenvalue weighted by molar-refractivity contribution is 5.78. The van der Waals surface area contributed by atoms with Crippen LogP contribution in [0.3, 0.4) is 0 Å². The second-order valence-electron chi connectivity index (χ2n) is 10.0. The third kappa shape index (κ3) is 3.52. The molecule has 0 spiro atoms. The van der Waals surface area contributed by atoms with E-state index >= 15 is 0 Å².